The van der Waals surface area contributed by atoms with Crippen molar-refractivity contribution in [3.8, 4) is 0 Å². The molecule has 0 atom stereocenters. The topological polar surface area (TPSA) is 27.3 Å². The van der Waals surface area contributed by atoms with E-state index in [-0.39, 0.29) is 0 Å². The SMILES string of the molecule is C1=CC=CNC=C1.c1ccc(NN(c2ccccc2)c2ccccc2)cc1. The van der Waals surface area contributed by atoms with E-state index in [1.807, 2.05) is 91.3 Å². The molecule has 4 rings (SSSR count). The van der Waals surface area contributed by atoms with Crippen LogP contribution in [0, 0.1) is 0 Å². The van der Waals surface area contributed by atoms with E-state index >= 15 is 0 Å². The van der Waals surface area contributed by atoms with Crippen molar-refractivity contribution in [3.63, 3.8) is 0 Å². The summed E-state index contributed by atoms with van der Waals surface area (Å²) < 4.78 is 0. The van der Waals surface area contributed by atoms with Crippen LogP contribution in [0.4, 0.5) is 17.1 Å². The van der Waals surface area contributed by atoms with Gasteiger partial charge >= 0.3 is 0 Å². The average molecular weight is 353 g/mol. The van der Waals surface area contributed by atoms with Gasteiger partial charge in [-0.3, -0.25) is 10.4 Å². The van der Waals surface area contributed by atoms with Crippen molar-refractivity contribution in [3.05, 3.63) is 128 Å². The maximum Gasteiger partial charge on any atom is 0.0630 e. The molecule has 134 valence electrons. The molecule has 0 saturated carbocycles. The van der Waals surface area contributed by atoms with E-state index in [4.69, 9.17) is 0 Å². The second kappa shape index (κ2) is 10.3. The molecule has 0 aliphatic carbocycles. The molecule has 0 aromatic heterocycles. The fourth-order valence-corrected chi connectivity index (χ4v) is 2.48. The Labute approximate surface area is 160 Å². The maximum atomic E-state index is 3.44. The molecule has 0 radical (unpaired) electrons. The Morgan fingerprint density at radius 3 is 1.44 bits per heavy atom. The number of anilines is 3. The van der Waals surface area contributed by atoms with E-state index in [2.05, 4.69) is 52.1 Å². The quantitative estimate of drug-likeness (QED) is 0.561. The van der Waals surface area contributed by atoms with Crippen LogP contribution in [0.2, 0.25) is 0 Å². The number of allylic oxidation sites excluding steroid dienone is 4. The number of para-hydroxylation sites is 3. The minimum atomic E-state index is 1.06. The Morgan fingerprint density at radius 2 is 0.963 bits per heavy atom. The number of benzene rings is 3. The second-order valence-electron chi connectivity index (χ2n) is 5.75. The summed E-state index contributed by atoms with van der Waals surface area (Å²) in [6, 6.07) is 30.7. The summed E-state index contributed by atoms with van der Waals surface area (Å²) in [5.74, 6) is 0. The minimum absolute atomic E-state index is 1.06. The fraction of sp³-hybridized carbons (Fsp3) is 0. The van der Waals surface area contributed by atoms with Gasteiger partial charge in [0, 0.05) is 12.4 Å². The molecule has 0 saturated heterocycles. The van der Waals surface area contributed by atoms with E-state index in [9.17, 15) is 0 Å². The summed E-state index contributed by atoms with van der Waals surface area (Å²) in [6.07, 6.45) is 11.6. The number of rotatable bonds is 4. The Morgan fingerprint density at radius 1 is 0.519 bits per heavy atom. The largest absolute Gasteiger partial charge is 0.368 e. The summed E-state index contributed by atoms with van der Waals surface area (Å²) in [5, 5.41) is 5.00. The van der Waals surface area contributed by atoms with Crippen LogP contribution < -0.4 is 15.8 Å². The monoisotopic (exact) mass is 353 g/mol. The molecular weight excluding hydrogens is 330 g/mol. The lowest BCUT2D eigenvalue weighted by atomic mass is 10.2. The van der Waals surface area contributed by atoms with Gasteiger partial charge < -0.3 is 5.32 Å². The summed E-state index contributed by atoms with van der Waals surface area (Å²) in [6.45, 7) is 0. The second-order valence-corrected chi connectivity index (χ2v) is 5.75. The molecule has 1 heterocycles. The van der Waals surface area contributed by atoms with Crippen molar-refractivity contribution in [2.24, 2.45) is 0 Å². The van der Waals surface area contributed by atoms with Crippen LogP contribution in [0.3, 0.4) is 0 Å². The third-order valence-corrected chi connectivity index (χ3v) is 3.76. The average Bonchev–Trinajstić information content (AvgIpc) is 3.08. The molecule has 3 aromatic rings. The summed E-state index contributed by atoms with van der Waals surface area (Å²) in [7, 11) is 0. The Kier molecular flexibility index (Phi) is 6.91. The molecule has 3 heteroatoms. The Bertz CT molecular complexity index is 816. The van der Waals surface area contributed by atoms with Gasteiger partial charge in [-0.2, -0.15) is 0 Å². The van der Waals surface area contributed by atoms with Gasteiger partial charge in [0.25, 0.3) is 0 Å². The predicted molar refractivity (Wildman–Crippen MR) is 116 cm³/mol. The van der Waals surface area contributed by atoms with Gasteiger partial charge in [-0.05, 0) is 48.6 Å². The summed E-state index contributed by atoms with van der Waals surface area (Å²) in [5.41, 5.74) is 6.70. The third-order valence-electron chi connectivity index (χ3n) is 3.76. The molecular formula is C24H23N3. The first-order valence-corrected chi connectivity index (χ1v) is 8.90. The zero-order valence-electron chi connectivity index (χ0n) is 15.1. The van der Waals surface area contributed by atoms with Crippen LogP contribution in [-0.2, 0) is 0 Å². The molecule has 2 N–H and O–H groups in total. The molecule has 27 heavy (non-hydrogen) atoms. The van der Waals surface area contributed by atoms with Crippen molar-refractivity contribution in [2.45, 2.75) is 0 Å². The highest BCUT2D eigenvalue weighted by Crippen LogP contribution is 2.25. The van der Waals surface area contributed by atoms with Gasteiger partial charge in [-0.25, -0.2) is 0 Å². The van der Waals surface area contributed by atoms with Crippen molar-refractivity contribution in [2.75, 3.05) is 10.4 Å². The van der Waals surface area contributed by atoms with E-state index < -0.39 is 0 Å². The van der Waals surface area contributed by atoms with Gasteiger partial charge in [0.2, 0.25) is 0 Å². The van der Waals surface area contributed by atoms with Crippen molar-refractivity contribution in [1.29, 1.82) is 0 Å². The molecule has 0 unspecified atom stereocenters. The van der Waals surface area contributed by atoms with E-state index in [0.29, 0.717) is 0 Å². The zero-order valence-corrected chi connectivity index (χ0v) is 15.1. The van der Waals surface area contributed by atoms with E-state index in [0.717, 1.165) is 17.1 Å². The normalized spacial score (nSPS) is 11.6. The summed E-state index contributed by atoms with van der Waals surface area (Å²) >= 11 is 0. The maximum absolute atomic E-state index is 3.44. The molecule has 1 aliphatic rings. The van der Waals surface area contributed by atoms with Gasteiger partial charge in [0.15, 0.2) is 0 Å². The van der Waals surface area contributed by atoms with Crippen molar-refractivity contribution >= 4 is 17.1 Å². The third kappa shape index (κ3) is 5.94. The lowest BCUT2D eigenvalue weighted by Gasteiger charge is -2.26. The first-order chi connectivity index (χ1) is 13.4. The van der Waals surface area contributed by atoms with Gasteiger partial charge in [0.1, 0.15) is 0 Å². The Balaban J connectivity index is 0.000000253. The standard InChI is InChI=1S/C18H16N2.C6H7N/c1-4-10-16(11-5-1)19-20(17-12-6-2-7-13-17)18-14-8-3-9-15-18;1-2-4-6-7-5-3-1/h1-15,19H;1-7H. The minimum Gasteiger partial charge on any atom is -0.368 e. The van der Waals surface area contributed by atoms with Crippen LogP contribution in [0.1, 0.15) is 0 Å². The van der Waals surface area contributed by atoms with Crippen molar-refractivity contribution < 1.29 is 0 Å². The number of hydrogen-bond donors (Lipinski definition) is 2. The van der Waals surface area contributed by atoms with Crippen LogP contribution in [0.15, 0.2) is 128 Å². The predicted octanol–water partition coefficient (Wildman–Crippen LogP) is 6.03. The van der Waals surface area contributed by atoms with Crippen molar-refractivity contribution in [1.82, 2.24) is 5.32 Å². The highest BCUT2D eigenvalue weighted by atomic mass is 15.5. The molecule has 3 nitrogen and oxygen atoms in total. The Hall–Kier alpha value is -3.72. The summed E-state index contributed by atoms with van der Waals surface area (Å²) in [4.78, 5) is 0. The lowest BCUT2D eigenvalue weighted by Crippen LogP contribution is -2.24. The number of hydrazine groups is 1. The van der Waals surface area contributed by atoms with Gasteiger partial charge in [0.05, 0.1) is 17.1 Å². The number of hydrogen-bond acceptors (Lipinski definition) is 3. The highest BCUT2D eigenvalue weighted by molar-refractivity contribution is 5.67. The fourth-order valence-electron chi connectivity index (χ4n) is 2.48. The molecule has 0 fully saturated rings. The van der Waals surface area contributed by atoms with E-state index in [1.54, 1.807) is 0 Å². The van der Waals surface area contributed by atoms with E-state index in [1.165, 1.54) is 0 Å². The zero-order chi connectivity index (χ0) is 18.6. The molecule has 0 bridgehead atoms. The first-order valence-electron chi connectivity index (χ1n) is 8.90. The van der Waals surface area contributed by atoms with Crippen LogP contribution in [-0.4, -0.2) is 0 Å². The molecule has 0 spiro atoms. The highest BCUT2D eigenvalue weighted by Gasteiger charge is 2.08. The number of nitrogens with one attached hydrogen (secondary N) is 2. The van der Waals surface area contributed by atoms with Gasteiger partial charge in [-0.1, -0.05) is 66.7 Å². The lowest BCUT2D eigenvalue weighted by molar-refractivity contribution is 1.16. The smallest absolute Gasteiger partial charge is 0.0630 e. The molecule has 0 amide bonds. The van der Waals surface area contributed by atoms with Gasteiger partial charge in [-0.15, -0.1) is 0 Å². The van der Waals surface area contributed by atoms with Crippen LogP contribution >= 0.6 is 0 Å². The molecule has 3 aromatic carbocycles. The van der Waals surface area contributed by atoms with Crippen LogP contribution in [0.25, 0.3) is 0 Å². The number of nitrogens with zero attached hydrogens (tertiary/aromatic N) is 1. The molecule has 1 aliphatic heterocycles. The van der Waals surface area contributed by atoms with Crippen LogP contribution in [0.5, 0.6) is 0 Å². The first kappa shape index (κ1) is 18.1.